The van der Waals surface area contributed by atoms with E-state index >= 15 is 0 Å². The summed E-state index contributed by atoms with van der Waals surface area (Å²) in [7, 11) is 1.34. The molecule has 3 nitrogen and oxygen atoms in total. The molecule has 1 aromatic heterocycles. The molecule has 0 N–H and O–H groups in total. The second-order valence-corrected chi connectivity index (χ2v) is 2.08. The van der Waals surface area contributed by atoms with Gasteiger partial charge in [-0.05, 0) is 0 Å². The maximum Gasteiger partial charge on any atom is 0.357 e. The number of ether oxygens (including phenoxy) is 1. The molecule has 1 heterocycles. The highest BCUT2D eigenvalue weighted by molar-refractivity contribution is 7.07. The zero-order valence-electron chi connectivity index (χ0n) is 4.83. The van der Waals surface area contributed by atoms with E-state index in [9.17, 15) is 4.79 Å². The smallest absolute Gasteiger partial charge is 0.357 e. The first-order valence-corrected chi connectivity index (χ1v) is 3.25. The van der Waals surface area contributed by atoms with Crippen molar-refractivity contribution in [3.8, 4) is 0 Å². The largest absolute Gasteiger partial charge is 0.464 e. The van der Waals surface area contributed by atoms with Crippen molar-refractivity contribution in [3.63, 3.8) is 0 Å². The number of thiazole rings is 1. The van der Waals surface area contributed by atoms with Crippen LogP contribution >= 0.6 is 11.3 Å². The predicted octanol–water partition coefficient (Wildman–Crippen LogP) is 0.930. The SMILES string of the molecule is COC(=O)c1cscn1. The van der Waals surface area contributed by atoms with Crippen molar-refractivity contribution in [2.75, 3.05) is 7.11 Å². The number of esters is 1. The highest BCUT2D eigenvalue weighted by Gasteiger charge is 2.04. The Morgan fingerprint density at radius 3 is 3.11 bits per heavy atom. The Hall–Kier alpha value is -0.900. The van der Waals surface area contributed by atoms with E-state index in [0.29, 0.717) is 5.69 Å². The fraction of sp³-hybridized carbons (Fsp3) is 0.200. The molecule has 0 saturated heterocycles. The molecule has 0 aliphatic rings. The van der Waals surface area contributed by atoms with Crippen LogP contribution in [-0.2, 0) is 4.74 Å². The van der Waals surface area contributed by atoms with E-state index in [0.717, 1.165) is 0 Å². The van der Waals surface area contributed by atoms with Crippen molar-refractivity contribution in [2.24, 2.45) is 0 Å². The predicted molar refractivity (Wildman–Crippen MR) is 33.5 cm³/mol. The number of methoxy groups -OCH3 is 1. The zero-order valence-corrected chi connectivity index (χ0v) is 5.64. The normalized spacial score (nSPS) is 9.00. The van der Waals surface area contributed by atoms with Crippen LogP contribution in [0.1, 0.15) is 10.5 Å². The Labute approximate surface area is 56.3 Å². The number of carbonyl (C=O) groups excluding carboxylic acids is 1. The van der Waals surface area contributed by atoms with Crippen LogP contribution in [0.15, 0.2) is 10.9 Å². The molecule has 0 aliphatic heterocycles. The van der Waals surface area contributed by atoms with Crippen LogP contribution in [0.3, 0.4) is 0 Å². The monoisotopic (exact) mass is 143 g/mol. The topological polar surface area (TPSA) is 39.2 Å². The number of hydrogen-bond donors (Lipinski definition) is 0. The summed E-state index contributed by atoms with van der Waals surface area (Å²) in [6, 6.07) is 0. The zero-order chi connectivity index (χ0) is 6.69. The lowest BCUT2D eigenvalue weighted by molar-refractivity contribution is 0.0595. The number of rotatable bonds is 1. The van der Waals surface area contributed by atoms with E-state index in [1.165, 1.54) is 18.4 Å². The minimum Gasteiger partial charge on any atom is -0.464 e. The van der Waals surface area contributed by atoms with Crippen molar-refractivity contribution in [3.05, 3.63) is 16.6 Å². The average molecular weight is 143 g/mol. The van der Waals surface area contributed by atoms with Crippen LogP contribution in [0.5, 0.6) is 0 Å². The molecule has 0 saturated carbocycles. The highest BCUT2D eigenvalue weighted by atomic mass is 32.1. The van der Waals surface area contributed by atoms with Crippen LogP contribution in [-0.4, -0.2) is 18.1 Å². The molecule has 0 aliphatic carbocycles. The third-order valence-electron chi connectivity index (χ3n) is 0.827. The van der Waals surface area contributed by atoms with E-state index < -0.39 is 0 Å². The first kappa shape index (κ1) is 6.22. The number of hydrogen-bond acceptors (Lipinski definition) is 4. The van der Waals surface area contributed by atoms with Gasteiger partial charge in [0.1, 0.15) is 0 Å². The quantitative estimate of drug-likeness (QED) is 0.549. The summed E-state index contributed by atoms with van der Waals surface area (Å²) in [6.45, 7) is 0. The lowest BCUT2D eigenvalue weighted by Gasteiger charge is -1.89. The Morgan fingerprint density at radius 2 is 2.67 bits per heavy atom. The fourth-order valence-corrected chi connectivity index (χ4v) is 0.939. The molecule has 48 valence electrons. The van der Waals surface area contributed by atoms with Crippen LogP contribution in [0.4, 0.5) is 0 Å². The second-order valence-electron chi connectivity index (χ2n) is 1.37. The molecular formula is C5H5NO2S. The lowest BCUT2D eigenvalue weighted by atomic mass is 10.5. The Kier molecular flexibility index (Phi) is 1.79. The molecule has 0 spiro atoms. The summed E-state index contributed by atoms with van der Waals surface area (Å²) in [5.74, 6) is -0.378. The van der Waals surface area contributed by atoms with E-state index in [1.807, 2.05) is 0 Å². The van der Waals surface area contributed by atoms with Crippen molar-refractivity contribution < 1.29 is 9.53 Å². The van der Waals surface area contributed by atoms with Gasteiger partial charge in [-0.2, -0.15) is 0 Å². The summed E-state index contributed by atoms with van der Waals surface area (Å²) in [4.78, 5) is 14.3. The van der Waals surface area contributed by atoms with Gasteiger partial charge in [0.15, 0.2) is 5.69 Å². The van der Waals surface area contributed by atoms with Crippen molar-refractivity contribution >= 4 is 17.3 Å². The van der Waals surface area contributed by atoms with E-state index in [4.69, 9.17) is 0 Å². The molecule has 0 radical (unpaired) electrons. The van der Waals surface area contributed by atoms with Crippen molar-refractivity contribution in [1.82, 2.24) is 4.98 Å². The molecule has 1 aromatic rings. The molecule has 0 amide bonds. The molecule has 0 atom stereocenters. The summed E-state index contributed by atoms with van der Waals surface area (Å²) in [5, 5.41) is 1.64. The summed E-state index contributed by atoms with van der Waals surface area (Å²) >= 11 is 1.37. The minimum absolute atomic E-state index is 0.377. The van der Waals surface area contributed by atoms with E-state index in [-0.39, 0.29) is 5.97 Å². The lowest BCUT2D eigenvalue weighted by Crippen LogP contribution is -2.00. The Balaban J connectivity index is 2.77. The molecule has 0 aromatic carbocycles. The third kappa shape index (κ3) is 1.26. The van der Waals surface area contributed by atoms with Gasteiger partial charge in [0.2, 0.25) is 0 Å². The maximum absolute atomic E-state index is 10.6. The summed E-state index contributed by atoms with van der Waals surface area (Å²) < 4.78 is 4.40. The van der Waals surface area contributed by atoms with Crippen LogP contribution in [0, 0.1) is 0 Å². The molecule has 0 bridgehead atoms. The van der Waals surface area contributed by atoms with E-state index in [1.54, 1.807) is 10.9 Å². The van der Waals surface area contributed by atoms with Crippen LogP contribution < -0.4 is 0 Å². The second kappa shape index (κ2) is 2.59. The standard InChI is InChI=1S/C5H5NO2S/c1-8-5(7)4-2-9-3-6-4/h2-3H,1H3. The first-order valence-electron chi connectivity index (χ1n) is 2.31. The van der Waals surface area contributed by atoms with Crippen LogP contribution in [0.2, 0.25) is 0 Å². The van der Waals surface area contributed by atoms with Gasteiger partial charge in [0.25, 0.3) is 0 Å². The van der Waals surface area contributed by atoms with Gasteiger partial charge >= 0.3 is 5.97 Å². The molecular weight excluding hydrogens is 138 g/mol. The average Bonchev–Trinajstić information content (AvgIpc) is 2.37. The maximum atomic E-state index is 10.6. The van der Waals surface area contributed by atoms with Crippen LogP contribution in [0.25, 0.3) is 0 Å². The van der Waals surface area contributed by atoms with Gasteiger partial charge in [0.05, 0.1) is 12.6 Å². The Morgan fingerprint density at radius 1 is 1.89 bits per heavy atom. The summed E-state index contributed by atoms with van der Waals surface area (Å²) in [6.07, 6.45) is 0. The fourth-order valence-electron chi connectivity index (χ4n) is 0.418. The highest BCUT2D eigenvalue weighted by Crippen LogP contribution is 2.01. The molecule has 1 rings (SSSR count). The minimum atomic E-state index is -0.378. The van der Waals surface area contributed by atoms with E-state index in [2.05, 4.69) is 9.72 Å². The first-order chi connectivity index (χ1) is 4.34. The number of nitrogens with zero attached hydrogens (tertiary/aromatic N) is 1. The van der Waals surface area contributed by atoms with Gasteiger partial charge in [-0.15, -0.1) is 11.3 Å². The van der Waals surface area contributed by atoms with Crippen molar-refractivity contribution in [1.29, 1.82) is 0 Å². The third-order valence-corrected chi connectivity index (χ3v) is 1.41. The Bertz CT molecular complexity index is 195. The van der Waals surface area contributed by atoms with Gasteiger partial charge in [-0.1, -0.05) is 0 Å². The van der Waals surface area contributed by atoms with Gasteiger partial charge < -0.3 is 4.74 Å². The van der Waals surface area contributed by atoms with Gasteiger partial charge in [0, 0.05) is 5.38 Å². The molecule has 0 fully saturated rings. The molecule has 4 heteroatoms. The summed E-state index contributed by atoms with van der Waals surface area (Å²) in [5.41, 5.74) is 1.97. The van der Waals surface area contributed by atoms with Crippen molar-refractivity contribution in [2.45, 2.75) is 0 Å². The molecule has 0 unspecified atom stereocenters. The number of carbonyl (C=O) groups is 1. The van der Waals surface area contributed by atoms with Gasteiger partial charge in [-0.25, -0.2) is 9.78 Å². The molecule has 9 heavy (non-hydrogen) atoms. The number of aromatic nitrogens is 1. The van der Waals surface area contributed by atoms with Gasteiger partial charge in [-0.3, -0.25) is 0 Å².